The number of rotatable bonds is 2. The molecule has 2 aromatic heterocycles. The second kappa shape index (κ2) is 5.20. The smallest absolute Gasteiger partial charge is 0.142 e. The summed E-state index contributed by atoms with van der Waals surface area (Å²) in [4.78, 5) is 10.8. The number of fused-ring (bicyclic) bond motifs is 1. The van der Waals surface area contributed by atoms with E-state index < -0.39 is 0 Å². The van der Waals surface area contributed by atoms with E-state index >= 15 is 0 Å². The van der Waals surface area contributed by atoms with Crippen molar-refractivity contribution in [2.24, 2.45) is 0 Å². The van der Waals surface area contributed by atoms with Crippen molar-refractivity contribution >= 4 is 56.3 Å². The molecule has 0 aliphatic heterocycles. The molecule has 3 rings (SSSR count). The maximum Gasteiger partial charge on any atom is 0.142 e. The summed E-state index contributed by atoms with van der Waals surface area (Å²) >= 11 is 14.0. The zero-order valence-electron chi connectivity index (χ0n) is 10.9. The summed E-state index contributed by atoms with van der Waals surface area (Å²) in [5, 5.41) is 5.38. The average Bonchev–Trinajstić information content (AvgIpc) is 2.71. The summed E-state index contributed by atoms with van der Waals surface area (Å²) in [5.41, 5.74) is 1.84. The van der Waals surface area contributed by atoms with Crippen molar-refractivity contribution in [1.29, 1.82) is 0 Å². The second-order valence-electron chi connectivity index (χ2n) is 4.41. The van der Waals surface area contributed by atoms with Gasteiger partial charge in [-0.3, -0.25) is 0 Å². The van der Waals surface area contributed by atoms with Crippen molar-refractivity contribution in [2.75, 3.05) is 5.32 Å². The molecule has 0 aliphatic rings. The first-order valence-corrected chi connectivity index (χ1v) is 7.57. The molecule has 0 spiro atoms. The van der Waals surface area contributed by atoms with Gasteiger partial charge in [0, 0.05) is 4.88 Å². The van der Waals surface area contributed by atoms with Crippen molar-refractivity contribution in [3.05, 3.63) is 45.0 Å². The lowest BCUT2D eigenvalue weighted by atomic mass is 10.2. The van der Waals surface area contributed by atoms with E-state index in [0.29, 0.717) is 15.7 Å². The maximum atomic E-state index is 6.19. The van der Waals surface area contributed by atoms with Crippen molar-refractivity contribution in [2.45, 2.75) is 13.8 Å². The standard InChI is InChI=1S/C14H11Cl2N3S/c1-7-8(2)20-14-11(7)13(17-6-18-14)19-12-9(15)4-3-5-10(12)16/h3-6H,1-2H3,(H,17,18,19). The van der Waals surface area contributed by atoms with Gasteiger partial charge in [0.25, 0.3) is 0 Å². The summed E-state index contributed by atoms with van der Waals surface area (Å²) in [6, 6.07) is 5.39. The number of anilines is 2. The molecule has 0 unspecified atom stereocenters. The molecule has 0 bridgehead atoms. The fourth-order valence-corrected chi connectivity index (χ4v) is 3.50. The monoisotopic (exact) mass is 323 g/mol. The van der Waals surface area contributed by atoms with E-state index in [1.54, 1.807) is 29.8 Å². The SMILES string of the molecule is Cc1sc2ncnc(Nc3c(Cl)cccc3Cl)c2c1C. The van der Waals surface area contributed by atoms with Gasteiger partial charge >= 0.3 is 0 Å². The molecule has 0 aliphatic carbocycles. The van der Waals surface area contributed by atoms with E-state index in [1.807, 2.05) is 6.07 Å². The maximum absolute atomic E-state index is 6.19. The number of aryl methyl sites for hydroxylation is 2. The van der Waals surface area contributed by atoms with Crippen LogP contribution in [0, 0.1) is 13.8 Å². The third-order valence-corrected chi connectivity index (χ3v) is 4.92. The highest BCUT2D eigenvalue weighted by atomic mass is 35.5. The molecule has 0 saturated heterocycles. The number of thiophene rings is 1. The second-order valence-corrected chi connectivity index (χ2v) is 6.42. The molecule has 0 fully saturated rings. The molecule has 20 heavy (non-hydrogen) atoms. The number of hydrogen-bond donors (Lipinski definition) is 1. The first-order valence-electron chi connectivity index (χ1n) is 5.99. The molecule has 1 N–H and O–H groups in total. The van der Waals surface area contributed by atoms with Crippen molar-refractivity contribution in [1.82, 2.24) is 9.97 Å². The molecule has 1 aromatic carbocycles. The zero-order chi connectivity index (χ0) is 14.3. The van der Waals surface area contributed by atoms with Crippen LogP contribution in [-0.2, 0) is 0 Å². The number of aromatic nitrogens is 2. The third kappa shape index (κ3) is 2.24. The van der Waals surface area contributed by atoms with Crippen LogP contribution in [0.4, 0.5) is 11.5 Å². The summed E-state index contributed by atoms with van der Waals surface area (Å²) < 4.78 is 0. The van der Waals surface area contributed by atoms with E-state index in [2.05, 4.69) is 29.1 Å². The highest BCUT2D eigenvalue weighted by Gasteiger charge is 2.14. The molecule has 2 heterocycles. The minimum atomic E-state index is 0.564. The Kier molecular flexibility index (Phi) is 3.54. The number of nitrogens with one attached hydrogen (secondary N) is 1. The van der Waals surface area contributed by atoms with E-state index in [-0.39, 0.29) is 0 Å². The molecule has 3 nitrogen and oxygen atoms in total. The lowest BCUT2D eigenvalue weighted by Crippen LogP contribution is -1.97. The molecule has 3 aromatic rings. The summed E-state index contributed by atoms with van der Waals surface area (Å²) in [7, 11) is 0. The molecule has 0 saturated carbocycles. The summed E-state index contributed by atoms with van der Waals surface area (Å²) in [6.07, 6.45) is 1.55. The van der Waals surface area contributed by atoms with Crippen LogP contribution in [0.3, 0.4) is 0 Å². The molecular weight excluding hydrogens is 313 g/mol. The van der Waals surface area contributed by atoms with Gasteiger partial charge in [0.05, 0.1) is 21.1 Å². The zero-order valence-corrected chi connectivity index (χ0v) is 13.2. The van der Waals surface area contributed by atoms with Crippen LogP contribution in [0.25, 0.3) is 10.2 Å². The Morgan fingerprint density at radius 3 is 2.50 bits per heavy atom. The minimum Gasteiger partial charge on any atom is -0.337 e. The van der Waals surface area contributed by atoms with Crippen LogP contribution in [-0.4, -0.2) is 9.97 Å². The Bertz CT molecular complexity index is 778. The van der Waals surface area contributed by atoms with Gasteiger partial charge in [-0.15, -0.1) is 11.3 Å². The fourth-order valence-electron chi connectivity index (χ4n) is 2.01. The first kappa shape index (κ1) is 13.6. The molecular formula is C14H11Cl2N3S. The van der Waals surface area contributed by atoms with Gasteiger partial charge in [0.2, 0.25) is 0 Å². The largest absolute Gasteiger partial charge is 0.337 e. The van der Waals surface area contributed by atoms with E-state index in [9.17, 15) is 0 Å². The van der Waals surface area contributed by atoms with Crippen LogP contribution in [0.1, 0.15) is 10.4 Å². The van der Waals surface area contributed by atoms with Gasteiger partial charge < -0.3 is 5.32 Å². The lowest BCUT2D eigenvalue weighted by Gasteiger charge is -2.10. The van der Waals surface area contributed by atoms with Crippen LogP contribution in [0.2, 0.25) is 10.0 Å². The average molecular weight is 324 g/mol. The van der Waals surface area contributed by atoms with Gasteiger partial charge in [-0.2, -0.15) is 0 Å². The van der Waals surface area contributed by atoms with Crippen LogP contribution in [0.15, 0.2) is 24.5 Å². The Hall–Kier alpha value is -1.36. The van der Waals surface area contributed by atoms with Gasteiger partial charge in [-0.1, -0.05) is 29.3 Å². The fraction of sp³-hybridized carbons (Fsp3) is 0.143. The highest BCUT2D eigenvalue weighted by Crippen LogP contribution is 2.37. The normalized spacial score (nSPS) is 11.0. The molecule has 6 heteroatoms. The minimum absolute atomic E-state index is 0.564. The van der Waals surface area contributed by atoms with Crippen LogP contribution < -0.4 is 5.32 Å². The molecule has 0 atom stereocenters. The van der Waals surface area contributed by atoms with E-state index in [1.165, 1.54) is 10.4 Å². The summed E-state index contributed by atoms with van der Waals surface area (Å²) in [6.45, 7) is 4.14. The quantitative estimate of drug-likeness (QED) is 0.690. The van der Waals surface area contributed by atoms with Crippen molar-refractivity contribution in [3.63, 3.8) is 0 Å². The Morgan fingerprint density at radius 2 is 1.80 bits per heavy atom. The van der Waals surface area contributed by atoms with E-state index in [4.69, 9.17) is 23.2 Å². The number of nitrogens with zero attached hydrogens (tertiary/aromatic N) is 2. The number of para-hydroxylation sites is 1. The third-order valence-electron chi connectivity index (χ3n) is 3.17. The molecule has 102 valence electrons. The van der Waals surface area contributed by atoms with Crippen molar-refractivity contribution < 1.29 is 0 Å². The predicted molar refractivity (Wildman–Crippen MR) is 86.6 cm³/mol. The Labute approximate surface area is 130 Å². The highest BCUT2D eigenvalue weighted by molar-refractivity contribution is 7.18. The van der Waals surface area contributed by atoms with Crippen molar-refractivity contribution in [3.8, 4) is 0 Å². The van der Waals surface area contributed by atoms with Crippen LogP contribution >= 0.6 is 34.5 Å². The Balaban J connectivity index is 2.16. The van der Waals surface area contributed by atoms with E-state index in [0.717, 1.165) is 16.0 Å². The first-order chi connectivity index (χ1) is 9.58. The number of halogens is 2. The van der Waals surface area contributed by atoms with Gasteiger partial charge in [0.1, 0.15) is 17.0 Å². The topological polar surface area (TPSA) is 37.8 Å². The van der Waals surface area contributed by atoms with Crippen LogP contribution in [0.5, 0.6) is 0 Å². The summed E-state index contributed by atoms with van der Waals surface area (Å²) in [5.74, 6) is 0.729. The molecule has 0 amide bonds. The lowest BCUT2D eigenvalue weighted by molar-refractivity contribution is 1.22. The Morgan fingerprint density at radius 1 is 1.10 bits per heavy atom. The van der Waals surface area contributed by atoms with Gasteiger partial charge in [-0.25, -0.2) is 9.97 Å². The number of hydrogen-bond acceptors (Lipinski definition) is 4. The van der Waals surface area contributed by atoms with Gasteiger partial charge in [0.15, 0.2) is 0 Å². The molecule has 0 radical (unpaired) electrons. The number of benzene rings is 1. The van der Waals surface area contributed by atoms with Gasteiger partial charge in [-0.05, 0) is 31.5 Å². The predicted octanol–water partition coefficient (Wildman–Crippen LogP) is 5.36.